The molecule has 2 aliphatic rings. The summed E-state index contributed by atoms with van der Waals surface area (Å²) < 4.78 is 0. The second-order valence-corrected chi connectivity index (χ2v) is 3.89. The number of nitrogens with one attached hydrogen (secondary N) is 1. The molecular weight excluding hydrogens is 256 g/mol. The van der Waals surface area contributed by atoms with Crippen molar-refractivity contribution in [3.05, 3.63) is 0 Å². The van der Waals surface area contributed by atoms with Crippen LogP contribution in [0.3, 0.4) is 0 Å². The second kappa shape index (κ2) is 8.85. The Balaban J connectivity index is 0. The standard InChI is InChI=1S/C9H19N3.3ClH/c1-11-6-2-3-9(11)12-7-4-10-5-8-12;;;/h9-10H,2-8H2,1H3;3*1H. The topological polar surface area (TPSA) is 18.5 Å². The van der Waals surface area contributed by atoms with Crippen LogP contribution in [0, 0.1) is 0 Å². The van der Waals surface area contributed by atoms with Crippen molar-refractivity contribution in [2.45, 2.75) is 19.0 Å². The van der Waals surface area contributed by atoms with Crippen molar-refractivity contribution in [1.82, 2.24) is 15.1 Å². The minimum absolute atomic E-state index is 0. The van der Waals surface area contributed by atoms with Crippen LogP contribution in [0.4, 0.5) is 0 Å². The van der Waals surface area contributed by atoms with E-state index in [9.17, 15) is 0 Å². The first-order chi connectivity index (χ1) is 5.88. The number of nitrogens with zero attached hydrogens (tertiary/aromatic N) is 2. The summed E-state index contributed by atoms with van der Waals surface area (Å²) in [6.45, 7) is 6.09. The highest BCUT2D eigenvalue weighted by Crippen LogP contribution is 2.18. The minimum atomic E-state index is 0. The molecule has 2 saturated heterocycles. The molecule has 2 rings (SSSR count). The van der Waals surface area contributed by atoms with Crippen LogP contribution in [0.2, 0.25) is 0 Å². The molecule has 0 radical (unpaired) electrons. The maximum atomic E-state index is 3.39. The van der Waals surface area contributed by atoms with Gasteiger partial charge in [-0.25, -0.2) is 0 Å². The van der Waals surface area contributed by atoms with Gasteiger partial charge in [0.15, 0.2) is 0 Å². The van der Waals surface area contributed by atoms with E-state index in [1.807, 2.05) is 0 Å². The van der Waals surface area contributed by atoms with Gasteiger partial charge in [0, 0.05) is 26.2 Å². The second-order valence-electron chi connectivity index (χ2n) is 3.89. The van der Waals surface area contributed by atoms with Crippen molar-refractivity contribution in [1.29, 1.82) is 0 Å². The van der Waals surface area contributed by atoms with Crippen LogP contribution in [-0.4, -0.2) is 55.7 Å². The van der Waals surface area contributed by atoms with Gasteiger partial charge in [0.25, 0.3) is 0 Å². The van der Waals surface area contributed by atoms with E-state index < -0.39 is 0 Å². The van der Waals surface area contributed by atoms with E-state index in [4.69, 9.17) is 0 Å². The SMILES string of the molecule is CN1CCCC1N1CCNCC1.Cl.Cl.Cl. The molecule has 1 N–H and O–H groups in total. The molecule has 2 heterocycles. The van der Waals surface area contributed by atoms with Crippen LogP contribution in [-0.2, 0) is 0 Å². The Hall–Kier alpha value is 0.750. The van der Waals surface area contributed by atoms with Crippen LogP contribution in [0.25, 0.3) is 0 Å². The number of hydrogen-bond donors (Lipinski definition) is 1. The molecular formula is C9H22Cl3N3. The van der Waals surface area contributed by atoms with E-state index in [1.54, 1.807) is 0 Å². The van der Waals surface area contributed by atoms with Gasteiger partial charge < -0.3 is 5.32 Å². The fourth-order valence-corrected chi connectivity index (χ4v) is 2.33. The monoisotopic (exact) mass is 277 g/mol. The molecule has 0 aromatic carbocycles. The van der Waals surface area contributed by atoms with Crippen LogP contribution in [0.1, 0.15) is 12.8 Å². The molecule has 15 heavy (non-hydrogen) atoms. The van der Waals surface area contributed by atoms with E-state index >= 15 is 0 Å². The molecule has 0 spiro atoms. The molecule has 2 fully saturated rings. The Morgan fingerprint density at radius 1 is 1.00 bits per heavy atom. The Morgan fingerprint density at radius 2 is 1.60 bits per heavy atom. The first-order valence-electron chi connectivity index (χ1n) is 5.03. The summed E-state index contributed by atoms with van der Waals surface area (Å²) in [7, 11) is 2.25. The van der Waals surface area contributed by atoms with Crippen LogP contribution in [0.15, 0.2) is 0 Å². The van der Waals surface area contributed by atoms with Crippen molar-refractivity contribution < 1.29 is 0 Å². The molecule has 0 aliphatic carbocycles. The Bertz CT molecular complexity index is 154. The highest BCUT2D eigenvalue weighted by molar-refractivity contribution is 5.86. The number of rotatable bonds is 1. The molecule has 0 amide bonds. The van der Waals surface area contributed by atoms with Gasteiger partial charge >= 0.3 is 0 Å². The smallest absolute Gasteiger partial charge is 0.0621 e. The highest BCUT2D eigenvalue weighted by atomic mass is 35.5. The van der Waals surface area contributed by atoms with E-state index in [-0.39, 0.29) is 37.2 Å². The summed E-state index contributed by atoms with van der Waals surface area (Å²) in [6, 6.07) is 0. The average Bonchev–Trinajstić information content (AvgIpc) is 2.53. The average molecular weight is 279 g/mol. The maximum absolute atomic E-state index is 3.39. The van der Waals surface area contributed by atoms with Crippen molar-refractivity contribution >= 4 is 37.2 Å². The lowest BCUT2D eigenvalue weighted by molar-refractivity contribution is 0.0815. The third-order valence-corrected chi connectivity index (χ3v) is 3.06. The fourth-order valence-electron chi connectivity index (χ4n) is 2.33. The largest absolute Gasteiger partial charge is 0.314 e. The fraction of sp³-hybridized carbons (Fsp3) is 1.00. The normalized spacial score (nSPS) is 27.4. The Kier molecular flexibility index (Phi) is 10.7. The summed E-state index contributed by atoms with van der Waals surface area (Å²) in [5, 5.41) is 3.39. The molecule has 1 atom stereocenters. The summed E-state index contributed by atoms with van der Waals surface area (Å²) in [4.78, 5) is 5.11. The number of piperazine rings is 1. The third kappa shape index (κ3) is 4.63. The van der Waals surface area contributed by atoms with Gasteiger partial charge in [0.05, 0.1) is 6.17 Å². The van der Waals surface area contributed by atoms with E-state index in [1.165, 1.54) is 45.6 Å². The summed E-state index contributed by atoms with van der Waals surface area (Å²) >= 11 is 0. The minimum Gasteiger partial charge on any atom is -0.314 e. The molecule has 0 aromatic heterocycles. The first-order valence-corrected chi connectivity index (χ1v) is 5.03. The zero-order chi connectivity index (χ0) is 8.39. The predicted octanol–water partition coefficient (Wildman–Crippen LogP) is 1.21. The Labute approximate surface area is 111 Å². The third-order valence-electron chi connectivity index (χ3n) is 3.06. The quantitative estimate of drug-likeness (QED) is 0.778. The van der Waals surface area contributed by atoms with Crippen LogP contribution in [0.5, 0.6) is 0 Å². The van der Waals surface area contributed by atoms with Crippen LogP contribution >= 0.6 is 37.2 Å². The van der Waals surface area contributed by atoms with Gasteiger partial charge in [-0.3, -0.25) is 9.80 Å². The molecule has 94 valence electrons. The van der Waals surface area contributed by atoms with Gasteiger partial charge in [0.2, 0.25) is 0 Å². The van der Waals surface area contributed by atoms with Crippen molar-refractivity contribution in [2.75, 3.05) is 39.8 Å². The summed E-state index contributed by atoms with van der Waals surface area (Å²) in [6.07, 6.45) is 3.49. The van der Waals surface area contributed by atoms with Gasteiger partial charge in [-0.15, -0.1) is 37.2 Å². The molecule has 0 saturated carbocycles. The molecule has 3 nitrogen and oxygen atoms in total. The molecule has 2 aliphatic heterocycles. The van der Waals surface area contributed by atoms with Gasteiger partial charge in [0.1, 0.15) is 0 Å². The molecule has 6 heteroatoms. The molecule has 1 unspecified atom stereocenters. The van der Waals surface area contributed by atoms with Gasteiger partial charge in [-0.2, -0.15) is 0 Å². The zero-order valence-electron chi connectivity index (χ0n) is 9.15. The van der Waals surface area contributed by atoms with Crippen molar-refractivity contribution in [2.24, 2.45) is 0 Å². The predicted molar refractivity (Wildman–Crippen MR) is 71.8 cm³/mol. The lowest BCUT2D eigenvalue weighted by Crippen LogP contribution is -2.51. The van der Waals surface area contributed by atoms with E-state index in [0.29, 0.717) is 0 Å². The summed E-state index contributed by atoms with van der Waals surface area (Å²) in [5.74, 6) is 0. The van der Waals surface area contributed by atoms with E-state index in [0.717, 1.165) is 6.17 Å². The van der Waals surface area contributed by atoms with Crippen molar-refractivity contribution in [3.8, 4) is 0 Å². The van der Waals surface area contributed by atoms with Gasteiger partial charge in [-0.1, -0.05) is 0 Å². The summed E-state index contributed by atoms with van der Waals surface area (Å²) in [5.41, 5.74) is 0. The Morgan fingerprint density at radius 3 is 2.07 bits per heavy atom. The van der Waals surface area contributed by atoms with Crippen LogP contribution < -0.4 is 5.32 Å². The zero-order valence-corrected chi connectivity index (χ0v) is 11.6. The van der Waals surface area contributed by atoms with Crippen molar-refractivity contribution in [3.63, 3.8) is 0 Å². The maximum Gasteiger partial charge on any atom is 0.0621 e. The lowest BCUT2D eigenvalue weighted by atomic mass is 10.2. The lowest BCUT2D eigenvalue weighted by Gasteiger charge is -2.36. The molecule has 0 aromatic rings. The first kappa shape index (κ1) is 18.1. The number of likely N-dealkylation sites (tertiary alicyclic amines) is 1. The van der Waals surface area contributed by atoms with Gasteiger partial charge in [-0.05, 0) is 26.4 Å². The van der Waals surface area contributed by atoms with E-state index in [2.05, 4.69) is 22.2 Å². The highest BCUT2D eigenvalue weighted by Gasteiger charge is 2.27. The molecule has 0 bridgehead atoms. The number of halogens is 3. The number of hydrogen-bond acceptors (Lipinski definition) is 3.